The summed E-state index contributed by atoms with van der Waals surface area (Å²) in [6.07, 6.45) is 3.83. The molecule has 120 valence electrons. The largest absolute Gasteiger partial charge is 0.465 e. The summed E-state index contributed by atoms with van der Waals surface area (Å²) in [5, 5.41) is 3.44. The van der Waals surface area contributed by atoms with Gasteiger partial charge in [0.1, 0.15) is 11.5 Å². The Hall–Kier alpha value is -0.840. The van der Waals surface area contributed by atoms with Crippen LogP contribution in [-0.2, 0) is 13.1 Å². The Labute approximate surface area is 129 Å². The Balaban J connectivity index is 1.83. The molecule has 0 saturated carbocycles. The van der Waals surface area contributed by atoms with Crippen LogP contribution in [0.3, 0.4) is 0 Å². The summed E-state index contributed by atoms with van der Waals surface area (Å²) in [7, 11) is 4.43. The Bertz CT molecular complexity index is 430. The minimum absolute atomic E-state index is 0.705. The van der Waals surface area contributed by atoms with Crippen molar-refractivity contribution in [2.75, 3.05) is 33.7 Å². The standard InChI is InChI=1S/C17H31N3O/c1-5-8-18-11-15-10-17(21-14(15)2)13-19(3)12-16-7-6-9-20(16)4/h10,16,18H,5-9,11-13H2,1-4H3. The van der Waals surface area contributed by atoms with E-state index in [1.807, 2.05) is 0 Å². The van der Waals surface area contributed by atoms with Gasteiger partial charge in [-0.1, -0.05) is 6.92 Å². The fourth-order valence-corrected chi connectivity index (χ4v) is 3.14. The summed E-state index contributed by atoms with van der Waals surface area (Å²) >= 11 is 0. The van der Waals surface area contributed by atoms with Crippen LogP contribution in [0.15, 0.2) is 10.5 Å². The van der Waals surface area contributed by atoms with E-state index in [1.54, 1.807) is 0 Å². The zero-order valence-corrected chi connectivity index (χ0v) is 14.1. The van der Waals surface area contributed by atoms with E-state index in [0.29, 0.717) is 6.04 Å². The number of furan rings is 1. The third kappa shape index (κ3) is 4.83. The lowest BCUT2D eigenvalue weighted by Crippen LogP contribution is -2.36. The highest BCUT2D eigenvalue weighted by atomic mass is 16.3. The minimum Gasteiger partial charge on any atom is -0.465 e. The molecule has 1 fully saturated rings. The van der Waals surface area contributed by atoms with Crippen LogP contribution in [0, 0.1) is 6.92 Å². The van der Waals surface area contributed by atoms with Crippen molar-refractivity contribution >= 4 is 0 Å². The third-order valence-electron chi connectivity index (χ3n) is 4.43. The van der Waals surface area contributed by atoms with Crippen molar-refractivity contribution in [2.24, 2.45) is 0 Å². The van der Waals surface area contributed by atoms with Crippen molar-refractivity contribution in [3.05, 3.63) is 23.2 Å². The van der Waals surface area contributed by atoms with Gasteiger partial charge in [0.2, 0.25) is 0 Å². The van der Waals surface area contributed by atoms with Gasteiger partial charge in [-0.05, 0) is 59.4 Å². The fourth-order valence-electron chi connectivity index (χ4n) is 3.14. The molecule has 4 heteroatoms. The van der Waals surface area contributed by atoms with Gasteiger partial charge in [0.15, 0.2) is 0 Å². The van der Waals surface area contributed by atoms with E-state index in [4.69, 9.17) is 4.42 Å². The van der Waals surface area contributed by atoms with E-state index in [0.717, 1.165) is 37.7 Å². The number of aryl methyl sites for hydroxylation is 1. The molecule has 0 spiro atoms. The average molecular weight is 293 g/mol. The Morgan fingerprint density at radius 3 is 2.95 bits per heavy atom. The van der Waals surface area contributed by atoms with Gasteiger partial charge in [0.25, 0.3) is 0 Å². The van der Waals surface area contributed by atoms with Crippen LogP contribution in [0.1, 0.15) is 43.3 Å². The molecule has 1 unspecified atom stereocenters. The summed E-state index contributed by atoms with van der Waals surface area (Å²) in [6.45, 7) is 9.50. The molecule has 0 aliphatic carbocycles. The van der Waals surface area contributed by atoms with Gasteiger partial charge in [0, 0.05) is 24.7 Å². The third-order valence-corrected chi connectivity index (χ3v) is 4.43. The molecular weight excluding hydrogens is 262 g/mol. The van der Waals surface area contributed by atoms with Crippen LogP contribution in [0.5, 0.6) is 0 Å². The summed E-state index contributed by atoms with van der Waals surface area (Å²) in [6, 6.07) is 2.92. The van der Waals surface area contributed by atoms with Gasteiger partial charge in [-0.25, -0.2) is 0 Å². The molecule has 21 heavy (non-hydrogen) atoms. The van der Waals surface area contributed by atoms with E-state index in [1.165, 1.54) is 31.4 Å². The number of hydrogen-bond acceptors (Lipinski definition) is 4. The second-order valence-corrected chi connectivity index (χ2v) is 6.44. The predicted octanol–water partition coefficient (Wildman–Crippen LogP) is 2.61. The number of nitrogens with zero attached hydrogens (tertiary/aromatic N) is 2. The van der Waals surface area contributed by atoms with Crippen molar-refractivity contribution in [1.82, 2.24) is 15.1 Å². The maximum atomic E-state index is 5.91. The van der Waals surface area contributed by atoms with E-state index >= 15 is 0 Å². The predicted molar refractivity (Wildman–Crippen MR) is 87.4 cm³/mol. The SMILES string of the molecule is CCCNCc1cc(CN(C)CC2CCCN2C)oc1C. The van der Waals surface area contributed by atoms with Crippen LogP contribution in [0.2, 0.25) is 0 Å². The smallest absolute Gasteiger partial charge is 0.118 e. The minimum atomic E-state index is 0.705. The zero-order chi connectivity index (χ0) is 15.2. The van der Waals surface area contributed by atoms with Gasteiger partial charge in [0.05, 0.1) is 6.54 Å². The number of likely N-dealkylation sites (tertiary alicyclic amines) is 1. The maximum Gasteiger partial charge on any atom is 0.118 e. The van der Waals surface area contributed by atoms with Gasteiger partial charge in [-0.15, -0.1) is 0 Å². The first-order valence-electron chi connectivity index (χ1n) is 8.27. The molecular formula is C17H31N3O. The van der Waals surface area contributed by atoms with Crippen LogP contribution in [-0.4, -0.2) is 49.6 Å². The highest BCUT2D eigenvalue weighted by Crippen LogP contribution is 2.19. The van der Waals surface area contributed by atoms with Crippen molar-refractivity contribution < 1.29 is 4.42 Å². The molecule has 2 heterocycles. The topological polar surface area (TPSA) is 31.6 Å². The number of likely N-dealkylation sites (N-methyl/N-ethyl adjacent to an activating group) is 2. The summed E-state index contributed by atoms with van der Waals surface area (Å²) in [5.41, 5.74) is 1.30. The molecule has 0 aromatic carbocycles. The van der Waals surface area contributed by atoms with Crippen LogP contribution in [0.4, 0.5) is 0 Å². The molecule has 1 aliphatic heterocycles. The van der Waals surface area contributed by atoms with E-state index < -0.39 is 0 Å². The Morgan fingerprint density at radius 1 is 1.48 bits per heavy atom. The van der Waals surface area contributed by atoms with E-state index in [9.17, 15) is 0 Å². The molecule has 1 N–H and O–H groups in total. The van der Waals surface area contributed by atoms with Gasteiger partial charge in [-0.2, -0.15) is 0 Å². The van der Waals surface area contributed by atoms with E-state index in [-0.39, 0.29) is 0 Å². The number of hydrogen-bond donors (Lipinski definition) is 1. The monoisotopic (exact) mass is 293 g/mol. The molecule has 1 saturated heterocycles. The fraction of sp³-hybridized carbons (Fsp3) is 0.765. The lowest BCUT2D eigenvalue weighted by atomic mass is 10.2. The number of rotatable bonds is 8. The normalized spacial score (nSPS) is 19.8. The highest BCUT2D eigenvalue weighted by Gasteiger charge is 2.22. The second kappa shape index (κ2) is 7.97. The quantitative estimate of drug-likeness (QED) is 0.747. The summed E-state index contributed by atoms with van der Waals surface area (Å²) in [5.74, 6) is 2.14. The van der Waals surface area contributed by atoms with Crippen LogP contribution < -0.4 is 5.32 Å². The van der Waals surface area contributed by atoms with Crippen LogP contribution in [0.25, 0.3) is 0 Å². The first-order valence-corrected chi connectivity index (χ1v) is 8.27. The van der Waals surface area contributed by atoms with Gasteiger partial charge >= 0.3 is 0 Å². The number of nitrogens with one attached hydrogen (secondary N) is 1. The maximum absolute atomic E-state index is 5.91. The first kappa shape index (κ1) is 16.5. The first-order chi connectivity index (χ1) is 10.1. The molecule has 1 aromatic rings. The van der Waals surface area contributed by atoms with Gasteiger partial charge < -0.3 is 14.6 Å². The Morgan fingerprint density at radius 2 is 2.29 bits per heavy atom. The van der Waals surface area contributed by atoms with Crippen molar-refractivity contribution in [3.8, 4) is 0 Å². The molecule has 4 nitrogen and oxygen atoms in total. The summed E-state index contributed by atoms with van der Waals surface area (Å²) < 4.78 is 5.91. The second-order valence-electron chi connectivity index (χ2n) is 6.44. The van der Waals surface area contributed by atoms with E-state index in [2.05, 4.69) is 49.1 Å². The lowest BCUT2D eigenvalue weighted by Gasteiger charge is -2.25. The molecule has 0 amide bonds. The van der Waals surface area contributed by atoms with Crippen molar-refractivity contribution in [3.63, 3.8) is 0 Å². The summed E-state index contributed by atoms with van der Waals surface area (Å²) in [4.78, 5) is 4.86. The molecule has 0 radical (unpaired) electrons. The zero-order valence-electron chi connectivity index (χ0n) is 14.1. The average Bonchev–Trinajstić information content (AvgIpc) is 2.97. The molecule has 1 atom stereocenters. The van der Waals surface area contributed by atoms with Crippen LogP contribution >= 0.6 is 0 Å². The molecule has 1 aromatic heterocycles. The molecule has 1 aliphatic rings. The Kier molecular flexibility index (Phi) is 6.27. The van der Waals surface area contributed by atoms with Crippen molar-refractivity contribution in [2.45, 2.75) is 52.2 Å². The van der Waals surface area contributed by atoms with Gasteiger partial charge in [-0.3, -0.25) is 4.90 Å². The molecule has 0 bridgehead atoms. The van der Waals surface area contributed by atoms with Crippen molar-refractivity contribution in [1.29, 1.82) is 0 Å². The lowest BCUT2D eigenvalue weighted by molar-refractivity contribution is 0.205. The molecule has 2 rings (SSSR count). The highest BCUT2D eigenvalue weighted by molar-refractivity contribution is 5.20.